The Morgan fingerprint density at radius 3 is 2.61 bits per heavy atom. The summed E-state index contributed by atoms with van der Waals surface area (Å²) < 4.78 is 0.903. The number of carbonyl (C=O) groups excluding carboxylic acids is 1. The highest BCUT2D eigenvalue weighted by Crippen LogP contribution is 2.23. The van der Waals surface area contributed by atoms with Gasteiger partial charge in [0.2, 0.25) is 0 Å². The average Bonchev–Trinajstić information content (AvgIpc) is 2.27. The van der Waals surface area contributed by atoms with Gasteiger partial charge < -0.3 is 5.32 Å². The average molecular weight is 333 g/mol. The van der Waals surface area contributed by atoms with Gasteiger partial charge in [0.15, 0.2) is 0 Å². The van der Waals surface area contributed by atoms with Gasteiger partial charge in [-0.05, 0) is 30.0 Å². The van der Waals surface area contributed by atoms with Crippen LogP contribution in [0.15, 0.2) is 28.7 Å². The first kappa shape index (κ1) is 15.5. The van der Waals surface area contributed by atoms with E-state index in [9.17, 15) is 4.79 Å². The highest BCUT2D eigenvalue weighted by atomic mass is 79.9. The Bertz CT molecular complexity index is 415. The molecule has 4 heteroatoms. The lowest BCUT2D eigenvalue weighted by molar-refractivity contribution is 0.0900. The predicted molar refractivity (Wildman–Crippen MR) is 80.2 cm³/mol. The van der Waals surface area contributed by atoms with Crippen LogP contribution in [0.5, 0.6) is 0 Å². The Labute approximate surface area is 122 Å². The summed E-state index contributed by atoms with van der Waals surface area (Å²) >= 11 is 9.16. The third-order valence-electron chi connectivity index (χ3n) is 2.84. The Morgan fingerprint density at radius 1 is 1.44 bits per heavy atom. The van der Waals surface area contributed by atoms with E-state index in [0.717, 1.165) is 10.9 Å². The summed E-state index contributed by atoms with van der Waals surface area (Å²) in [5.74, 6) is 0.488. The fourth-order valence-electron chi connectivity index (χ4n) is 1.70. The first-order valence-electron chi connectivity index (χ1n) is 5.97. The van der Waals surface area contributed by atoms with Gasteiger partial charge in [0, 0.05) is 22.0 Å². The summed E-state index contributed by atoms with van der Waals surface area (Å²) in [5.41, 5.74) is 0.657. The molecular weight excluding hydrogens is 314 g/mol. The minimum atomic E-state index is -0.0543. The summed E-state index contributed by atoms with van der Waals surface area (Å²) in [6, 6.07) is 7.45. The van der Waals surface area contributed by atoms with E-state index in [1.54, 1.807) is 6.07 Å². The predicted octanol–water partition coefficient (Wildman–Crippen LogP) is 4.22. The Hall–Kier alpha value is -0.540. The minimum absolute atomic E-state index is 0.00341. The minimum Gasteiger partial charge on any atom is -0.349 e. The van der Waals surface area contributed by atoms with Gasteiger partial charge in [-0.3, -0.25) is 4.79 Å². The molecule has 0 fully saturated rings. The van der Waals surface area contributed by atoms with Crippen LogP contribution in [0.4, 0.5) is 0 Å². The van der Waals surface area contributed by atoms with Crippen LogP contribution in [-0.4, -0.2) is 17.8 Å². The van der Waals surface area contributed by atoms with Crippen LogP contribution in [0, 0.1) is 5.41 Å². The molecule has 0 heterocycles. The maximum atomic E-state index is 12.2. The van der Waals surface area contributed by atoms with Gasteiger partial charge in [-0.15, -0.1) is 11.6 Å². The molecule has 1 N–H and O–H groups in total. The maximum absolute atomic E-state index is 12.2. The van der Waals surface area contributed by atoms with Crippen LogP contribution in [0.25, 0.3) is 0 Å². The molecule has 0 bridgehead atoms. The number of amides is 1. The molecule has 1 atom stereocenters. The van der Waals surface area contributed by atoms with Crippen LogP contribution in [0.3, 0.4) is 0 Å². The van der Waals surface area contributed by atoms with Gasteiger partial charge >= 0.3 is 0 Å². The molecule has 100 valence electrons. The molecule has 0 aliphatic rings. The van der Waals surface area contributed by atoms with Crippen molar-refractivity contribution in [3.8, 4) is 0 Å². The van der Waals surface area contributed by atoms with E-state index >= 15 is 0 Å². The van der Waals surface area contributed by atoms with E-state index in [2.05, 4.69) is 42.0 Å². The van der Waals surface area contributed by atoms with Gasteiger partial charge in [-0.1, -0.05) is 42.8 Å². The fourth-order valence-corrected chi connectivity index (χ4v) is 2.32. The number of halogens is 2. The summed E-state index contributed by atoms with van der Waals surface area (Å²) in [5, 5.41) is 3.06. The highest BCUT2D eigenvalue weighted by Gasteiger charge is 2.25. The van der Waals surface area contributed by atoms with Crippen LogP contribution in [-0.2, 0) is 0 Å². The Balaban J connectivity index is 2.79. The van der Waals surface area contributed by atoms with Gasteiger partial charge in [0.25, 0.3) is 5.91 Å². The first-order chi connectivity index (χ1) is 8.34. The summed E-state index contributed by atoms with van der Waals surface area (Å²) in [6.45, 7) is 6.31. The van der Waals surface area contributed by atoms with Crippen molar-refractivity contribution in [2.75, 3.05) is 5.88 Å². The van der Waals surface area contributed by atoms with Crippen molar-refractivity contribution >= 4 is 33.4 Å². The zero-order chi connectivity index (χ0) is 13.8. The number of nitrogens with one attached hydrogen (secondary N) is 1. The number of carbonyl (C=O) groups is 1. The van der Waals surface area contributed by atoms with E-state index in [4.69, 9.17) is 11.6 Å². The number of rotatable bonds is 4. The van der Waals surface area contributed by atoms with E-state index in [1.807, 2.05) is 18.2 Å². The van der Waals surface area contributed by atoms with Crippen molar-refractivity contribution in [2.45, 2.75) is 33.2 Å². The molecule has 0 saturated heterocycles. The molecular formula is C14H19BrClNO. The Morgan fingerprint density at radius 2 is 2.11 bits per heavy atom. The van der Waals surface area contributed by atoms with Crippen LogP contribution >= 0.6 is 27.5 Å². The molecule has 0 aromatic heterocycles. The topological polar surface area (TPSA) is 29.1 Å². The number of alkyl halides is 1. The largest absolute Gasteiger partial charge is 0.349 e. The van der Waals surface area contributed by atoms with E-state index in [-0.39, 0.29) is 17.4 Å². The van der Waals surface area contributed by atoms with Crippen LogP contribution < -0.4 is 5.32 Å². The second-order valence-corrected chi connectivity index (χ2v) is 6.67. The van der Waals surface area contributed by atoms with Crippen molar-refractivity contribution in [2.24, 2.45) is 5.41 Å². The fraction of sp³-hybridized carbons (Fsp3) is 0.500. The van der Waals surface area contributed by atoms with E-state index < -0.39 is 0 Å². The molecule has 1 unspecified atom stereocenters. The van der Waals surface area contributed by atoms with Crippen molar-refractivity contribution in [1.29, 1.82) is 0 Å². The van der Waals surface area contributed by atoms with Crippen molar-refractivity contribution in [3.63, 3.8) is 0 Å². The van der Waals surface area contributed by atoms with Gasteiger partial charge in [0.05, 0.1) is 0 Å². The molecule has 1 aromatic carbocycles. The standard InChI is InChI=1S/C14H19BrClNO/c1-14(2,3)12(7-8-16)17-13(18)10-5-4-6-11(15)9-10/h4-6,9,12H,7-8H2,1-3H3,(H,17,18). The molecule has 0 radical (unpaired) electrons. The van der Waals surface area contributed by atoms with Crippen LogP contribution in [0.1, 0.15) is 37.6 Å². The quantitative estimate of drug-likeness (QED) is 0.822. The number of hydrogen-bond acceptors (Lipinski definition) is 1. The second kappa shape index (κ2) is 6.58. The molecule has 0 spiro atoms. The zero-order valence-electron chi connectivity index (χ0n) is 11.0. The lowest BCUT2D eigenvalue weighted by Gasteiger charge is -2.31. The maximum Gasteiger partial charge on any atom is 0.251 e. The molecule has 0 aliphatic heterocycles. The third kappa shape index (κ3) is 4.62. The van der Waals surface area contributed by atoms with Crippen LogP contribution in [0.2, 0.25) is 0 Å². The highest BCUT2D eigenvalue weighted by molar-refractivity contribution is 9.10. The molecule has 0 aliphatic carbocycles. The summed E-state index contributed by atoms with van der Waals surface area (Å²) in [6.07, 6.45) is 0.769. The smallest absolute Gasteiger partial charge is 0.251 e. The SMILES string of the molecule is CC(C)(C)C(CCCl)NC(=O)c1cccc(Br)c1. The molecule has 1 amide bonds. The normalized spacial score (nSPS) is 13.2. The summed E-state index contributed by atoms with van der Waals surface area (Å²) in [7, 11) is 0. The number of hydrogen-bond donors (Lipinski definition) is 1. The van der Waals surface area contributed by atoms with E-state index in [1.165, 1.54) is 0 Å². The van der Waals surface area contributed by atoms with Crippen molar-refractivity contribution in [1.82, 2.24) is 5.32 Å². The lowest BCUT2D eigenvalue weighted by Crippen LogP contribution is -2.44. The lowest BCUT2D eigenvalue weighted by atomic mass is 9.85. The molecule has 0 saturated carbocycles. The van der Waals surface area contributed by atoms with Crippen molar-refractivity contribution in [3.05, 3.63) is 34.3 Å². The summed E-state index contributed by atoms with van der Waals surface area (Å²) in [4.78, 5) is 12.2. The van der Waals surface area contributed by atoms with Crippen molar-refractivity contribution < 1.29 is 4.79 Å². The first-order valence-corrected chi connectivity index (χ1v) is 7.29. The van der Waals surface area contributed by atoms with Gasteiger partial charge in [-0.25, -0.2) is 0 Å². The second-order valence-electron chi connectivity index (χ2n) is 5.38. The molecule has 1 rings (SSSR count). The molecule has 18 heavy (non-hydrogen) atoms. The van der Waals surface area contributed by atoms with Gasteiger partial charge in [0.1, 0.15) is 0 Å². The van der Waals surface area contributed by atoms with Gasteiger partial charge in [-0.2, -0.15) is 0 Å². The molecule has 1 aromatic rings. The molecule has 2 nitrogen and oxygen atoms in total. The third-order valence-corrected chi connectivity index (χ3v) is 3.55. The monoisotopic (exact) mass is 331 g/mol. The van der Waals surface area contributed by atoms with E-state index in [0.29, 0.717) is 11.4 Å². The zero-order valence-corrected chi connectivity index (χ0v) is 13.3. The Kier molecular flexibility index (Phi) is 5.67. The number of benzene rings is 1.